The van der Waals surface area contributed by atoms with E-state index >= 15 is 0 Å². The summed E-state index contributed by atoms with van der Waals surface area (Å²) in [6.45, 7) is 3.29. The van der Waals surface area contributed by atoms with Crippen LogP contribution in [0.5, 0.6) is 11.6 Å². The standard InChI is InChI=1S/C23H26N2O4/c1-3-16-9-11-18(12-10-16)29-14-20(26)21-15(2)19(13-24)22(27)25(23(21)28)17-7-5-4-6-8-17/h9-12,17,28H,3-8,14H2,1-2H3. The molecule has 29 heavy (non-hydrogen) atoms. The number of pyridine rings is 1. The van der Waals surface area contributed by atoms with Crippen LogP contribution in [-0.2, 0) is 6.42 Å². The van der Waals surface area contributed by atoms with Gasteiger partial charge in [-0.2, -0.15) is 5.26 Å². The van der Waals surface area contributed by atoms with Gasteiger partial charge in [-0.15, -0.1) is 0 Å². The number of Topliss-reactive ketones (excluding diaryl/α,β-unsaturated/α-hetero) is 1. The van der Waals surface area contributed by atoms with E-state index in [0.29, 0.717) is 5.75 Å². The quantitative estimate of drug-likeness (QED) is 0.746. The van der Waals surface area contributed by atoms with Gasteiger partial charge in [0.25, 0.3) is 5.56 Å². The van der Waals surface area contributed by atoms with Crippen LogP contribution >= 0.6 is 0 Å². The van der Waals surface area contributed by atoms with Crippen LogP contribution in [0.2, 0.25) is 0 Å². The predicted octanol–water partition coefficient (Wildman–Crippen LogP) is 4.06. The van der Waals surface area contributed by atoms with E-state index in [1.54, 1.807) is 12.1 Å². The molecule has 1 heterocycles. The third kappa shape index (κ3) is 4.19. The van der Waals surface area contributed by atoms with Crippen molar-refractivity contribution in [2.75, 3.05) is 6.61 Å². The van der Waals surface area contributed by atoms with E-state index in [0.717, 1.165) is 44.1 Å². The number of hydrogen-bond donors (Lipinski definition) is 1. The summed E-state index contributed by atoms with van der Waals surface area (Å²) >= 11 is 0. The molecular formula is C23H26N2O4. The molecule has 0 spiro atoms. The Hall–Kier alpha value is -3.07. The Bertz CT molecular complexity index is 994. The van der Waals surface area contributed by atoms with Crippen molar-refractivity contribution >= 4 is 5.78 Å². The van der Waals surface area contributed by atoms with Crippen LogP contribution < -0.4 is 10.3 Å². The first-order valence-electron chi connectivity index (χ1n) is 10.1. The maximum atomic E-state index is 12.9. The lowest BCUT2D eigenvalue weighted by Gasteiger charge is -2.26. The maximum absolute atomic E-state index is 12.9. The van der Waals surface area contributed by atoms with Crippen LogP contribution in [0.15, 0.2) is 29.1 Å². The molecule has 2 aromatic rings. The van der Waals surface area contributed by atoms with Crippen LogP contribution in [0.4, 0.5) is 0 Å². The lowest BCUT2D eigenvalue weighted by molar-refractivity contribution is 0.0915. The molecule has 0 amide bonds. The number of rotatable bonds is 6. The van der Waals surface area contributed by atoms with Crippen molar-refractivity contribution in [3.05, 3.63) is 56.9 Å². The van der Waals surface area contributed by atoms with Crippen molar-refractivity contribution in [1.29, 1.82) is 5.26 Å². The first kappa shape index (κ1) is 20.7. The zero-order valence-corrected chi connectivity index (χ0v) is 16.9. The van der Waals surface area contributed by atoms with E-state index in [9.17, 15) is 20.0 Å². The predicted molar refractivity (Wildman–Crippen MR) is 110 cm³/mol. The molecule has 0 bridgehead atoms. The molecule has 1 aromatic carbocycles. The van der Waals surface area contributed by atoms with Crippen molar-refractivity contribution < 1.29 is 14.6 Å². The topological polar surface area (TPSA) is 92.3 Å². The third-order valence-electron chi connectivity index (χ3n) is 5.67. The number of nitrogens with zero attached hydrogens (tertiary/aromatic N) is 2. The van der Waals surface area contributed by atoms with E-state index in [2.05, 4.69) is 6.92 Å². The van der Waals surface area contributed by atoms with Crippen molar-refractivity contribution in [3.8, 4) is 17.7 Å². The second-order valence-corrected chi connectivity index (χ2v) is 7.49. The van der Waals surface area contributed by atoms with Gasteiger partial charge in [0.15, 0.2) is 6.61 Å². The van der Waals surface area contributed by atoms with E-state index in [1.807, 2.05) is 18.2 Å². The molecule has 0 radical (unpaired) electrons. The molecule has 1 fully saturated rings. The normalized spacial score (nSPS) is 14.4. The van der Waals surface area contributed by atoms with Crippen molar-refractivity contribution in [2.24, 2.45) is 0 Å². The fraction of sp³-hybridized carbons (Fsp3) is 0.435. The lowest BCUT2D eigenvalue weighted by atomic mass is 9.93. The van der Waals surface area contributed by atoms with E-state index in [-0.39, 0.29) is 35.2 Å². The molecule has 0 unspecified atom stereocenters. The first-order chi connectivity index (χ1) is 14.0. The minimum Gasteiger partial charge on any atom is -0.494 e. The summed E-state index contributed by atoms with van der Waals surface area (Å²) in [5, 5.41) is 20.3. The van der Waals surface area contributed by atoms with Crippen molar-refractivity contribution in [1.82, 2.24) is 4.57 Å². The SMILES string of the molecule is CCc1ccc(OCC(=O)c2c(C)c(C#N)c(=O)n(C3CCCCC3)c2O)cc1. The number of aromatic hydroxyl groups is 1. The van der Waals surface area contributed by atoms with Crippen molar-refractivity contribution in [3.63, 3.8) is 0 Å². The highest BCUT2D eigenvalue weighted by Crippen LogP contribution is 2.33. The lowest BCUT2D eigenvalue weighted by Crippen LogP contribution is -2.31. The van der Waals surface area contributed by atoms with Crippen LogP contribution in [0, 0.1) is 18.3 Å². The van der Waals surface area contributed by atoms with Crippen LogP contribution in [0.25, 0.3) is 0 Å². The highest BCUT2D eigenvalue weighted by molar-refractivity contribution is 6.01. The van der Waals surface area contributed by atoms with Crippen LogP contribution in [0.1, 0.15) is 72.1 Å². The molecule has 6 nitrogen and oxygen atoms in total. The second-order valence-electron chi connectivity index (χ2n) is 7.49. The summed E-state index contributed by atoms with van der Waals surface area (Å²) < 4.78 is 6.83. The average molecular weight is 394 g/mol. The number of carbonyl (C=O) groups excluding carboxylic acids is 1. The van der Waals surface area contributed by atoms with Crippen molar-refractivity contribution in [2.45, 2.75) is 58.4 Å². The summed E-state index contributed by atoms with van der Waals surface area (Å²) in [4.78, 5) is 25.7. The highest BCUT2D eigenvalue weighted by Gasteiger charge is 2.28. The third-order valence-corrected chi connectivity index (χ3v) is 5.67. The number of hydrogen-bond acceptors (Lipinski definition) is 5. The smallest absolute Gasteiger partial charge is 0.271 e. The Morgan fingerprint density at radius 1 is 1.24 bits per heavy atom. The minimum absolute atomic E-state index is 0.00287. The van der Waals surface area contributed by atoms with E-state index < -0.39 is 11.3 Å². The Labute approximate surface area is 170 Å². The number of ketones is 1. The molecule has 1 aromatic heterocycles. The monoisotopic (exact) mass is 394 g/mol. The second kappa shape index (κ2) is 8.95. The molecule has 1 N–H and O–H groups in total. The van der Waals surface area contributed by atoms with Gasteiger partial charge in [-0.25, -0.2) is 0 Å². The first-order valence-corrected chi connectivity index (χ1v) is 10.1. The Balaban J connectivity index is 1.93. The maximum Gasteiger partial charge on any atom is 0.271 e. The zero-order valence-electron chi connectivity index (χ0n) is 16.9. The number of aromatic nitrogens is 1. The molecule has 152 valence electrons. The Morgan fingerprint density at radius 2 is 1.90 bits per heavy atom. The molecule has 0 saturated heterocycles. The Morgan fingerprint density at radius 3 is 2.48 bits per heavy atom. The number of nitriles is 1. The minimum atomic E-state index is -0.526. The number of ether oxygens (including phenoxy) is 1. The largest absolute Gasteiger partial charge is 0.494 e. The van der Waals surface area contributed by atoms with Gasteiger partial charge in [0, 0.05) is 6.04 Å². The van der Waals surface area contributed by atoms with Crippen LogP contribution in [-0.4, -0.2) is 22.1 Å². The molecule has 3 rings (SSSR count). The van der Waals surface area contributed by atoms with Gasteiger partial charge in [0.1, 0.15) is 17.4 Å². The molecule has 6 heteroatoms. The fourth-order valence-electron chi connectivity index (χ4n) is 3.98. The summed E-state index contributed by atoms with van der Waals surface area (Å²) in [5.74, 6) is -0.261. The summed E-state index contributed by atoms with van der Waals surface area (Å²) in [6, 6.07) is 9.17. The van der Waals surface area contributed by atoms with E-state index in [1.165, 1.54) is 11.5 Å². The summed E-state index contributed by atoms with van der Waals surface area (Å²) in [6.07, 6.45) is 5.38. The van der Waals surface area contributed by atoms with Gasteiger partial charge in [-0.3, -0.25) is 14.2 Å². The molecule has 1 aliphatic carbocycles. The van der Waals surface area contributed by atoms with Crippen LogP contribution in [0.3, 0.4) is 0 Å². The van der Waals surface area contributed by atoms with Gasteiger partial charge < -0.3 is 9.84 Å². The molecule has 0 atom stereocenters. The van der Waals surface area contributed by atoms with Gasteiger partial charge in [0.2, 0.25) is 11.7 Å². The number of carbonyl (C=O) groups is 1. The molecule has 1 aliphatic rings. The summed E-state index contributed by atoms with van der Waals surface area (Å²) in [7, 11) is 0. The highest BCUT2D eigenvalue weighted by atomic mass is 16.5. The number of benzene rings is 1. The van der Waals surface area contributed by atoms with Gasteiger partial charge >= 0.3 is 0 Å². The molecular weight excluding hydrogens is 368 g/mol. The van der Waals surface area contributed by atoms with Gasteiger partial charge in [-0.05, 0) is 49.4 Å². The average Bonchev–Trinajstić information content (AvgIpc) is 2.73. The van der Waals surface area contributed by atoms with Gasteiger partial charge in [-0.1, -0.05) is 38.3 Å². The Kier molecular flexibility index (Phi) is 6.38. The number of aryl methyl sites for hydroxylation is 1. The summed E-state index contributed by atoms with van der Waals surface area (Å²) in [5.41, 5.74) is 0.746. The molecule has 1 saturated carbocycles. The van der Waals surface area contributed by atoms with E-state index in [4.69, 9.17) is 4.74 Å². The fourth-order valence-corrected chi connectivity index (χ4v) is 3.98. The molecule has 0 aliphatic heterocycles. The van der Waals surface area contributed by atoms with Gasteiger partial charge in [0.05, 0.1) is 5.56 Å². The zero-order chi connectivity index (χ0) is 21.0.